The molecule has 1 N–H and O–H groups in total. The van der Waals surface area contributed by atoms with E-state index < -0.39 is 5.97 Å². The lowest BCUT2D eigenvalue weighted by atomic mass is 10.0. The summed E-state index contributed by atoms with van der Waals surface area (Å²) in [5, 5.41) is 8.66. The number of benzene rings is 1. The molecule has 0 amide bonds. The third-order valence-corrected chi connectivity index (χ3v) is 6.16. The number of unbranched alkanes of at least 4 members (excludes halogenated alkanes) is 16. The molecule has 1 aromatic rings. The van der Waals surface area contributed by atoms with Crippen molar-refractivity contribution in [2.75, 3.05) is 0 Å². The minimum Gasteiger partial charge on any atom is -0.481 e. The van der Waals surface area contributed by atoms with Gasteiger partial charge in [0.1, 0.15) is 0 Å². The first-order valence-electron chi connectivity index (χ1n) is 13.5. The molecule has 0 bridgehead atoms. The Kier molecular flexibility index (Phi) is 18.0. The van der Waals surface area contributed by atoms with E-state index in [1.165, 1.54) is 96.3 Å². The summed E-state index contributed by atoms with van der Waals surface area (Å²) in [4.78, 5) is 22.5. The number of carbonyl (C=O) groups excluding carboxylic acids is 1. The molecule has 3 heteroatoms. The molecule has 0 aliphatic rings. The van der Waals surface area contributed by atoms with Gasteiger partial charge in [0, 0.05) is 24.0 Å². The zero-order chi connectivity index (χ0) is 24.0. The van der Waals surface area contributed by atoms with Crippen LogP contribution in [-0.2, 0) is 4.79 Å². The fourth-order valence-corrected chi connectivity index (χ4v) is 4.03. The molecule has 33 heavy (non-hydrogen) atoms. The van der Waals surface area contributed by atoms with E-state index in [1.54, 1.807) is 12.1 Å². The van der Waals surface area contributed by atoms with E-state index in [0.29, 0.717) is 5.56 Å². The molecule has 0 fully saturated rings. The van der Waals surface area contributed by atoms with Gasteiger partial charge in [-0.15, -0.1) is 0 Å². The topological polar surface area (TPSA) is 54.4 Å². The lowest BCUT2D eigenvalue weighted by Crippen LogP contribution is -2.03. The van der Waals surface area contributed by atoms with Crippen molar-refractivity contribution in [2.45, 2.75) is 129 Å². The van der Waals surface area contributed by atoms with Gasteiger partial charge < -0.3 is 5.11 Å². The largest absolute Gasteiger partial charge is 0.481 e. The number of rotatable bonds is 20. The van der Waals surface area contributed by atoms with Gasteiger partial charge in [-0.05, 0) is 18.6 Å². The number of hydrogen-bond acceptors (Lipinski definition) is 2. The number of Topliss-reactive ketones (excluding diaryl/α,β-unsaturated/α-hetero) is 1. The number of carboxylic acids is 1. The quantitative estimate of drug-likeness (QED) is 0.122. The molecule has 3 nitrogen and oxygen atoms in total. The van der Waals surface area contributed by atoms with Crippen molar-refractivity contribution >= 4 is 11.8 Å². The van der Waals surface area contributed by atoms with Crippen LogP contribution in [0.25, 0.3) is 0 Å². The summed E-state index contributed by atoms with van der Waals surface area (Å²) in [6.45, 7) is 2.28. The maximum atomic E-state index is 11.9. The Morgan fingerprint density at radius 3 is 1.58 bits per heavy atom. The van der Waals surface area contributed by atoms with Gasteiger partial charge in [-0.25, -0.2) is 0 Å². The molecular weight excluding hydrogens is 408 g/mol. The summed E-state index contributed by atoms with van der Waals surface area (Å²) >= 11 is 0. The molecule has 1 rings (SSSR count). The Morgan fingerprint density at radius 1 is 0.667 bits per heavy atom. The lowest BCUT2D eigenvalue weighted by Gasteiger charge is -2.03. The lowest BCUT2D eigenvalue weighted by molar-refractivity contribution is -0.136. The van der Waals surface area contributed by atoms with Crippen LogP contribution in [-0.4, -0.2) is 16.9 Å². The Hall–Kier alpha value is -2.08. The van der Waals surface area contributed by atoms with E-state index in [2.05, 4.69) is 18.8 Å². The maximum Gasteiger partial charge on any atom is 0.303 e. The second-order valence-corrected chi connectivity index (χ2v) is 9.25. The van der Waals surface area contributed by atoms with Crippen LogP contribution in [0.3, 0.4) is 0 Å². The van der Waals surface area contributed by atoms with Crippen molar-refractivity contribution in [3.8, 4) is 11.8 Å². The van der Waals surface area contributed by atoms with Gasteiger partial charge in [0.05, 0.1) is 6.42 Å². The number of carbonyl (C=O) groups is 2. The molecule has 0 aliphatic carbocycles. The second kappa shape index (κ2) is 20.5. The molecule has 0 saturated heterocycles. The first kappa shape index (κ1) is 29.0. The highest BCUT2D eigenvalue weighted by molar-refractivity contribution is 5.97. The highest BCUT2D eigenvalue weighted by Crippen LogP contribution is 2.14. The van der Waals surface area contributed by atoms with E-state index in [1.807, 2.05) is 12.1 Å². The number of aliphatic carboxylic acids is 1. The number of hydrogen-bond donors (Lipinski definition) is 1. The highest BCUT2D eigenvalue weighted by Gasteiger charge is 2.07. The van der Waals surface area contributed by atoms with Gasteiger partial charge in [-0.2, -0.15) is 0 Å². The molecule has 0 radical (unpaired) electrons. The standard InChI is InChI=1S/C30H46O3/c1-2-3-4-5-6-7-8-9-10-11-12-13-14-15-16-17-18-19-20-27-21-23-28(24-22-27)29(31)25-26-30(32)33/h21-24H,2-18,25-26H2,1H3,(H,32,33). The molecule has 1 aromatic carbocycles. The Bertz CT molecular complexity index is 693. The molecular formula is C30H46O3. The van der Waals surface area contributed by atoms with Crippen molar-refractivity contribution in [3.05, 3.63) is 35.4 Å². The van der Waals surface area contributed by atoms with E-state index in [4.69, 9.17) is 5.11 Å². The first-order chi connectivity index (χ1) is 16.1. The summed E-state index contributed by atoms with van der Waals surface area (Å²) in [6.07, 6.45) is 22.8. The molecule has 0 atom stereocenters. The Labute approximate surface area is 202 Å². The van der Waals surface area contributed by atoms with Gasteiger partial charge in [-0.1, -0.05) is 127 Å². The fraction of sp³-hybridized carbons (Fsp3) is 0.667. The highest BCUT2D eigenvalue weighted by atomic mass is 16.4. The Balaban J connectivity index is 1.94. The predicted octanol–water partition coefficient (Wildman–Crippen LogP) is 8.74. The van der Waals surface area contributed by atoms with Crippen molar-refractivity contribution in [3.63, 3.8) is 0 Å². The smallest absolute Gasteiger partial charge is 0.303 e. The van der Waals surface area contributed by atoms with E-state index in [0.717, 1.165) is 18.4 Å². The van der Waals surface area contributed by atoms with Crippen LogP contribution in [0.15, 0.2) is 24.3 Å². The summed E-state index contributed by atoms with van der Waals surface area (Å²) in [5.74, 6) is 5.31. The van der Waals surface area contributed by atoms with Crippen molar-refractivity contribution in [1.29, 1.82) is 0 Å². The van der Waals surface area contributed by atoms with Crippen molar-refractivity contribution < 1.29 is 14.7 Å². The number of ketones is 1. The molecule has 0 heterocycles. The summed E-state index contributed by atoms with van der Waals surface area (Å²) in [7, 11) is 0. The number of carboxylic acid groups (broad SMARTS) is 1. The van der Waals surface area contributed by atoms with Gasteiger partial charge in [0.2, 0.25) is 0 Å². The van der Waals surface area contributed by atoms with Crippen LogP contribution < -0.4 is 0 Å². The molecule has 0 aliphatic heterocycles. The van der Waals surface area contributed by atoms with Crippen LogP contribution in [0.5, 0.6) is 0 Å². The molecule has 0 unspecified atom stereocenters. The van der Waals surface area contributed by atoms with E-state index in [-0.39, 0.29) is 18.6 Å². The van der Waals surface area contributed by atoms with Crippen molar-refractivity contribution in [1.82, 2.24) is 0 Å². The van der Waals surface area contributed by atoms with Crippen LogP contribution in [0.1, 0.15) is 145 Å². The van der Waals surface area contributed by atoms with Gasteiger partial charge >= 0.3 is 5.97 Å². The molecule has 184 valence electrons. The molecule has 0 aromatic heterocycles. The van der Waals surface area contributed by atoms with Crippen LogP contribution in [0.4, 0.5) is 0 Å². The third kappa shape index (κ3) is 17.1. The third-order valence-electron chi connectivity index (χ3n) is 6.16. The predicted molar refractivity (Wildman–Crippen MR) is 139 cm³/mol. The van der Waals surface area contributed by atoms with Crippen LogP contribution in [0, 0.1) is 11.8 Å². The SMILES string of the molecule is CCCCCCCCCCCCCCCCCCC#Cc1ccc(C(=O)CCC(=O)O)cc1. The van der Waals surface area contributed by atoms with E-state index >= 15 is 0 Å². The average Bonchev–Trinajstić information content (AvgIpc) is 2.82. The van der Waals surface area contributed by atoms with E-state index in [9.17, 15) is 9.59 Å². The van der Waals surface area contributed by atoms with Gasteiger partial charge in [-0.3, -0.25) is 9.59 Å². The zero-order valence-electron chi connectivity index (χ0n) is 21.0. The summed E-state index contributed by atoms with van der Waals surface area (Å²) < 4.78 is 0. The summed E-state index contributed by atoms with van der Waals surface area (Å²) in [5.41, 5.74) is 1.46. The molecule has 0 saturated carbocycles. The Morgan fingerprint density at radius 2 is 1.12 bits per heavy atom. The summed E-state index contributed by atoms with van der Waals surface area (Å²) in [6, 6.07) is 7.16. The van der Waals surface area contributed by atoms with Gasteiger partial charge in [0.25, 0.3) is 0 Å². The van der Waals surface area contributed by atoms with Gasteiger partial charge in [0.15, 0.2) is 5.78 Å². The maximum absolute atomic E-state index is 11.9. The second-order valence-electron chi connectivity index (χ2n) is 9.25. The minimum atomic E-state index is -0.945. The van der Waals surface area contributed by atoms with Crippen LogP contribution in [0.2, 0.25) is 0 Å². The van der Waals surface area contributed by atoms with Crippen molar-refractivity contribution in [2.24, 2.45) is 0 Å². The minimum absolute atomic E-state index is 0.0413. The first-order valence-corrected chi connectivity index (χ1v) is 13.5. The normalized spacial score (nSPS) is 10.6. The monoisotopic (exact) mass is 454 g/mol. The zero-order valence-corrected chi connectivity index (χ0v) is 21.0. The van der Waals surface area contributed by atoms with Crippen LogP contribution >= 0.6 is 0 Å². The fourth-order valence-electron chi connectivity index (χ4n) is 4.03. The molecule has 0 spiro atoms. The average molecular weight is 455 g/mol.